The number of hydrogen-bond donors (Lipinski definition) is 2. The second-order valence-corrected chi connectivity index (χ2v) is 11.5. The predicted molar refractivity (Wildman–Crippen MR) is 162 cm³/mol. The van der Waals surface area contributed by atoms with E-state index in [4.69, 9.17) is 4.74 Å². The molecule has 6 rings (SSSR count). The van der Waals surface area contributed by atoms with Gasteiger partial charge in [0.25, 0.3) is 5.91 Å². The van der Waals surface area contributed by atoms with Crippen molar-refractivity contribution in [1.29, 1.82) is 0 Å². The number of anilines is 1. The van der Waals surface area contributed by atoms with Crippen LogP contribution in [0.2, 0.25) is 0 Å². The van der Waals surface area contributed by atoms with Gasteiger partial charge in [0.05, 0.1) is 18.4 Å². The van der Waals surface area contributed by atoms with E-state index in [1.165, 1.54) is 12.5 Å². The lowest BCUT2D eigenvalue weighted by Gasteiger charge is -2.29. The molecule has 2 aromatic carbocycles. The normalized spacial score (nSPS) is 18.1. The molecular weight excluding hydrogens is 517 g/mol. The highest BCUT2D eigenvalue weighted by molar-refractivity contribution is 6.02. The van der Waals surface area contributed by atoms with Gasteiger partial charge in [-0.1, -0.05) is 37.5 Å². The molecule has 1 atom stereocenters. The predicted octanol–water partition coefficient (Wildman–Crippen LogP) is 6.57. The van der Waals surface area contributed by atoms with Crippen LogP contribution in [0, 0.1) is 5.82 Å². The minimum atomic E-state index is -0.410. The van der Waals surface area contributed by atoms with Crippen LogP contribution < -0.4 is 10.1 Å². The Labute approximate surface area is 240 Å². The summed E-state index contributed by atoms with van der Waals surface area (Å²) in [4.78, 5) is 25.9. The van der Waals surface area contributed by atoms with E-state index in [-0.39, 0.29) is 18.0 Å². The van der Waals surface area contributed by atoms with Crippen LogP contribution in [-0.2, 0) is 0 Å². The van der Waals surface area contributed by atoms with E-state index in [2.05, 4.69) is 27.2 Å². The molecule has 1 saturated carbocycles. The molecule has 41 heavy (non-hydrogen) atoms. The topological polar surface area (TPSA) is 73.5 Å². The Bertz CT molecular complexity index is 1560. The summed E-state index contributed by atoms with van der Waals surface area (Å²) in [5, 5.41) is 4.33. The molecule has 2 aliphatic rings. The molecule has 2 aromatic heterocycles. The van der Waals surface area contributed by atoms with Crippen molar-refractivity contribution in [2.75, 3.05) is 39.6 Å². The van der Waals surface area contributed by atoms with E-state index in [9.17, 15) is 4.79 Å². The number of nitrogens with one attached hydrogen (secondary N) is 2. The van der Waals surface area contributed by atoms with Gasteiger partial charge in [0, 0.05) is 60.1 Å². The van der Waals surface area contributed by atoms with Crippen LogP contribution >= 0.6 is 0 Å². The number of likely N-dealkylation sites (tertiary alicyclic amines) is 1. The van der Waals surface area contributed by atoms with Crippen LogP contribution in [0.3, 0.4) is 0 Å². The summed E-state index contributed by atoms with van der Waals surface area (Å²) in [6.45, 7) is 1.76. The number of carbonyl (C=O) groups is 1. The van der Waals surface area contributed by atoms with Gasteiger partial charge < -0.3 is 24.8 Å². The molecule has 0 bridgehead atoms. The van der Waals surface area contributed by atoms with Gasteiger partial charge in [0.1, 0.15) is 17.2 Å². The Balaban J connectivity index is 1.42. The Morgan fingerprint density at radius 1 is 1.10 bits per heavy atom. The zero-order valence-electron chi connectivity index (χ0n) is 24.0. The highest BCUT2D eigenvalue weighted by Gasteiger charge is 2.30. The molecular formula is C33H38FN5O2. The highest BCUT2D eigenvalue weighted by atomic mass is 19.1. The van der Waals surface area contributed by atoms with E-state index in [1.807, 2.05) is 49.6 Å². The number of carbonyl (C=O) groups excluding carboxylic acids is 1. The maximum absolute atomic E-state index is 16.0. The third-order valence-electron chi connectivity index (χ3n) is 8.77. The lowest BCUT2D eigenvalue weighted by Crippen LogP contribution is -2.39. The molecule has 0 radical (unpaired) electrons. The van der Waals surface area contributed by atoms with Crippen LogP contribution in [0.5, 0.6) is 5.75 Å². The molecule has 0 spiro atoms. The molecule has 3 heterocycles. The average Bonchev–Trinajstić information content (AvgIpc) is 3.63. The van der Waals surface area contributed by atoms with Gasteiger partial charge in [-0.25, -0.2) is 9.37 Å². The Kier molecular flexibility index (Phi) is 7.67. The van der Waals surface area contributed by atoms with Crippen molar-refractivity contribution in [2.24, 2.45) is 0 Å². The number of nitrogens with zero attached hydrogens (tertiary/aromatic N) is 3. The van der Waals surface area contributed by atoms with E-state index in [0.29, 0.717) is 16.8 Å². The summed E-state index contributed by atoms with van der Waals surface area (Å²) in [5.41, 5.74) is 4.68. The van der Waals surface area contributed by atoms with Crippen LogP contribution in [0.25, 0.3) is 33.3 Å². The third-order valence-corrected chi connectivity index (χ3v) is 8.77. The summed E-state index contributed by atoms with van der Waals surface area (Å²) in [5.74, 6) is 0.193. The molecule has 7 nitrogen and oxygen atoms in total. The molecule has 1 aliphatic carbocycles. The second-order valence-electron chi connectivity index (χ2n) is 11.5. The number of pyridine rings is 1. The molecule has 4 aromatic rings. The smallest absolute Gasteiger partial charge is 0.256 e. The summed E-state index contributed by atoms with van der Waals surface area (Å²) >= 11 is 0. The number of H-pyrrole nitrogens is 1. The maximum Gasteiger partial charge on any atom is 0.256 e. The molecule has 8 heteroatoms. The third kappa shape index (κ3) is 5.40. The lowest BCUT2D eigenvalue weighted by atomic mass is 9.94. The quantitative estimate of drug-likeness (QED) is 0.270. The molecule has 1 unspecified atom stereocenters. The van der Waals surface area contributed by atoms with E-state index in [0.717, 1.165) is 78.7 Å². The maximum atomic E-state index is 16.0. The van der Waals surface area contributed by atoms with Crippen LogP contribution in [0.15, 0.2) is 54.9 Å². The Hall–Kier alpha value is -3.91. The fourth-order valence-corrected chi connectivity index (χ4v) is 6.37. The fourth-order valence-electron chi connectivity index (χ4n) is 6.37. The lowest BCUT2D eigenvalue weighted by molar-refractivity contribution is 0.0738. The number of fused-ring (bicyclic) bond motifs is 1. The standard InChI is InChI=1S/C33H38FN5O2/c1-38-14-13-24(20-38)39(2)33(40)27-15-21(17-29(34)31(27)37-23-9-5-4-6-10-23)22-16-26-28(19-36-32(26)35-18-22)25-11-7-8-12-30(25)41-3/h7-8,11-12,15-19,23-24,37H,4-6,9-10,13-14,20H2,1-3H3,(H,35,36). The average molecular weight is 556 g/mol. The number of aromatic nitrogens is 2. The number of likely N-dealkylation sites (N-methyl/N-ethyl adjacent to an activating group) is 2. The largest absolute Gasteiger partial charge is 0.496 e. The van der Waals surface area contributed by atoms with Crippen LogP contribution in [0.4, 0.5) is 10.1 Å². The first-order chi connectivity index (χ1) is 19.9. The number of rotatable bonds is 7. The number of halogens is 1. The first kappa shape index (κ1) is 27.3. The molecule has 1 saturated heterocycles. The molecule has 2 N–H and O–H groups in total. The number of amides is 1. The molecule has 214 valence electrons. The van der Waals surface area contributed by atoms with Gasteiger partial charge in [0.15, 0.2) is 0 Å². The number of para-hydroxylation sites is 1. The fraction of sp³-hybridized carbons (Fsp3) is 0.394. The van der Waals surface area contributed by atoms with Gasteiger partial charge in [-0.2, -0.15) is 0 Å². The summed E-state index contributed by atoms with van der Waals surface area (Å²) in [6, 6.07) is 13.5. The zero-order valence-corrected chi connectivity index (χ0v) is 24.0. The minimum Gasteiger partial charge on any atom is -0.496 e. The van der Waals surface area contributed by atoms with Crippen LogP contribution in [-0.4, -0.2) is 72.1 Å². The number of ether oxygens (including phenoxy) is 1. The van der Waals surface area contributed by atoms with Gasteiger partial charge >= 0.3 is 0 Å². The molecule has 1 amide bonds. The second kappa shape index (κ2) is 11.5. The van der Waals surface area contributed by atoms with Crippen LogP contribution in [0.1, 0.15) is 48.9 Å². The Morgan fingerprint density at radius 2 is 1.90 bits per heavy atom. The van der Waals surface area contributed by atoms with Crippen molar-refractivity contribution in [3.63, 3.8) is 0 Å². The summed E-state index contributed by atoms with van der Waals surface area (Å²) < 4.78 is 21.6. The first-order valence-electron chi connectivity index (χ1n) is 14.6. The van der Waals surface area contributed by atoms with E-state index in [1.54, 1.807) is 18.2 Å². The van der Waals surface area contributed by atoms with Crippen molar-refractivity contribution in [1.82, 2.24) is 19.8 Å². The van der Waals surface area contributed by atoms with Crippen molar-refractivity contribution in [3.8, 4) is 28.0 Å². The molecule has 1 aliphatic heterocycles. The van der Waals surface area contributed by atoms with Gasteiger partial charge in [-0.3, -0.25) is 4.79 Å². The summed E-state index contributed by atoms with van der Waals surface area (Å²) in [7, 11) is 5.56. The van der Waals surface area contributed by atoms with Crippen molar-refractivity contribution >= 4 is 22.6 Å². The molecule has 2 fully saturated rings. The Morgan fingerprint density at radius 3 is 2.66 bits per heavy atom. The van der Waals surface area contributed by atoms with Crippen molar-refractivity contribution < 1.29 is 13.9 Å². The minimum absolute atomic E-state index is 0.100. The van der Waals surface area contributed by atoms with E-state index < -0.39 is 5.82 Å². The van der Waals surface area contributed by atoms with E-state index >= 15 is 4.39 Å². The highest BCUT2D eigenvalue weighted by Crippen LogP contribution is 2.37. The zero-order chi connectivity index (χ0) is 28.5. The SMILES string of the molecule is COc1ccccc1-c1c[nH]c2ncc(-c3cc(F)c(NC4CCCCC4)c(C(=O)N(C)C4CCN(C)C4)c3)cc12. The number of benzene rings is 2. The first-order valence-corrected chi connectivity index (χ1v) is 14.6. The van der Waals surface area contributed by atoms with Gasteiger partial charge in [-0.15, -0.1) is 0 Å². The number of hydrogen-bond acceptors (Lipinski definition) is 5. The van der Waals surface area contributed by atoms with Crippen molar-refractivity contribution in [2.45, 2.75) is 50.6 Å². The monoisotopic (exact) mass is 555 g/mol. The number of aromatic amines is 1. The van der Waals surface area contributed by atoms with Gasteiger partial charge in [0.2, 0.25) is 0 Å². The summed E-state index contributed by atoms with van der Waals surface area (Å²) in [6.07, 6.45) is 9.96. The van der Waals surface area contributed by atoms with Crippen molar-refractivity contribution in [3.05, 3.63) is 66.2 Å². The van der Waals surface area contributed by atoms with Gasteiger partial charge in [-0.05, 0) is 62.7 Å². The number of methoxy groups -OCH3 is 1.